The first-order valence-corrected chi connectivity index (χ1v) is 11.5. The van der Waals surface area contributed by atoms with Gasteiger partial charge in [-0.15, -0.1) is 11.3 Å². The molecule has 1 aliphatic heterocycles. The Bertz CT molecular complexity index is 1180. The van der Waals surface area contributed by atoms with Gasteiger partial charge in [0.05, 0.1) is 31.6 Å². The zero-order valence-corrected chi connectivity index (χ0v) is 18.8. The van der Waals surface area contributed by atoms with E-state index in [1.165, 1.54) is 18.1 Å². The number of ether oxygens (including phenoxy) is 2. The maximum absolute atomic E-state index is 12.4. The van der Waals surface area contributed by atoms with Crippen LogP contribution in [-0.4, -0.2) is 48.5 Å². The molecule has 8 nitrogen and oxygen atoms in total. The minimum atomic E-state index is -0.384. The number of methoxy groups -OCH3 is 1. The summed E-state index contributed by atoms with van der Waals surface area (Å²) in [5.41, 5.74) is 7.39. The lowest BCUT2D eigenvalue weighted by Crippen LogP contribution is -2.33. The summed E-state index contributed by atoms with van der Waals surface area (Å²) >= 11 is 1.56. The molecule has 9 heteroatoms. The van der Waals surface area contributed by atoms with Gasteiger partial charge in [-0.3, -0.25) is 14.8 Å². The van der Waals surface area contributed by atoms with E-state index >= 15 is 0 Å². The van der Waals surface area contributed by atoms with Crippen LogP contribution in [0.5, 0.6) is 5.06 Å². The van der Waals surface area contributed by atoms with E-state index in [9.17, 15) is 9.59 Å². The van der Waals surface area contributed by atoms with E-state index in [1.54, 1.807) is 23.3 Å². The largest absolute Gasteiger partial charge is 0.487 e. The van der Waals surface area contributed by atoms with Gasteiger partial charge < -0.3 is 14.8 Å². The fourth-order valence-electron chi connectivity index (χ4n) is 4.37. The predicted molar refractivity (Wildman–Crippen MR) is 122 cm³/mol. The summed E-state index contributed by atoms with van der Waals surface area (Å²) in [6.45, 7) is 2.18. The van der Waals surface area contributed by atoms with Crippen LogP contribution in [0.25, 0.3) is 22.5 Å². The van der Waals surface area contributed by atoms with Crippen LogP contribution in [-0.2, 0) is 22.4 Å². The van der Waals surface area contributed by atoms with Crippen molar-refractivity contribution >= 4 is 29.0 Å². The van der Waals surface area contributed by atoms with Crippen molar-refractivity contribution in [1.29, 1.82) is 0 Å². The van der Waals surface area contributed by atoms with Crippen molar-refractivity contribution in [1.82, 2.24) is 15.5 Å². The van der Waals surface area contributed by atoms with E-state index in [0.717, 1.165) is 52.5 Å². The first-order chi connectivity index (χ1) is 15.5. The van der Waals surface area contributed by atoms with Gasteiger partial charge >= 0.3 is 6.09 Å². The molecule has 1 aliphatic carbocycles. The van der Waals surface area contributed by atoms with Crippen molar-refractivity contribution in [3.8, 4) is 27.6 Å². The molecular weight excluding hydrogens is 428 g/mol. The van der Waals surface area contributed by atoms with Crippen LogP contribution in [0, 0.1) is 0 Å². The van der Waals surface area contributed by atoms with Crippen LogP contribution >= 0.6 is 11.3 Å². The highest BCUT2D eigenvalue weighted by molar-refractivity contribution is 7.12. The van der Waals surface area contributed by atoms with Crippen LogP contribution in [0.3, 0.4) is 0 Å². The molecule has 3 aromatic rings. The van der Waals surface area contributed by atoms with Crippen LogP contribution in [0.1, 0.15) is 24.5 Å². The van der Waals surface area contributed by atoms with Gasteiger partial charge in [-0.2, -0.15) is 5.10 Å². The number of aromatic amines is 1. The van der Waals surface area contributed by atoms with Gasteiger partial charge in [0.1, 0.15) is 6.10 Å². The summed E-state index contributed by atoms with van der Waals surface area (Å²) in [6.07, 6.45) is 2.09. The summed E-state index contributed by atoms with van der Waals surface area (Å²) in [5.74, 6) is -0.139. The number of nitrogens with one attached hydrogen (secondary N) is 2. The standard InChI is InChI=1S/C23H24N4O4S/c1-13(28)24-10-17-11-27(23(29)31-17)16-6-7-18-14(8-16)4-3-5-19-21(25-26-22(18)19)15-9-20(30-2)32-12-15/h6-9,12,17H,3-5,10-11H2,1-2H3,(H,24,28)(H,25,26). The monoisotopic (exact) mass is 452 g/mol. The number of fused-ring (bicyclic) bond motifs is 3. The molecule has 1 fully saturated rings. The third kappa shape index (κ3) is 3.73. The van der Waals surface area contributed by atoms with Gasteiger partial charge in [0.25, 0.3) is 0 Å². The third-order valence-electron chi connectivity index (χ3n) is 5.91. The molecule has 2 N–H and O–H groups in total. The van der Waals surface area contributed by atoms with Crippen LogP contribution in [0.15, 0.2) is 29.6 Å². The topological polar surface area (TPSA) is 96.6 Å². The molecule has 5 rings (SSSR count). The predicted octanol–water partition coefficient (Wildman–Crippen LogP) is 3.76. The van der Waals surface area contributed by atoms with Crippen molar-refractivity contribution in [2.75, 3.05) is 25.1 Å². The summed E-state index contributed by atoms with van der Waals surface area (Å²) < 4.78 is 10.8. The second-order valence-corrected chi connectivity index (χ2v) is 8.91. The lowest BCUT2D eigenvalue weighted by Gasteiger charge is -2.16. The number of anilines is 1. The number of H-pyrrole nitrogens is 1. The molecular formula is C23H24N4O4S. The van der Waals surface area contributed by atoms with Gasteiger partial charge in [-0.05, 0) is 37.0 Å². The van der Waals surface area contributed by atoms with E-state index in [1.807, 2.05) is 12.1 Å². The first kappa shape index (κ1) is 20.6. The quantitative estimate of drug-likeness (QED) is 0.614. The highest BCUT2D eigenvalue weighted by Crippen LogP contribution is 2.40. The Balaban J connectivity index is 1.42. The van der Waals surface area contributed by atoms with Crippen molar-refractivity contribution in [2.24, 2.45) is 0 Å². The van der Waals surface area contributed by atoms with Crippen LogP contribution in [0.2, 0.25) is 0 Å². The van der Waals surface area contributed by atoms with Crippen molar-refractivity contribution in [3.05, 3.63) is 40.8 Å². The molecule has 32 heavy (non-hydrogen) atoms. The van der Waals surface area contributed by atoms with Gasteiger partial charge in [-0.25, -0.2) is 4.79 Å². The van der Waals surface area contributed by atoms with E-state index < -0.39 is 0 Å². The number of carbonyl (C=O) groups excluding carboxylic acids is 2. The molecule has 1 unspecified atom stereocenters. The molecule has 2 aliphatic rings. The van der Waals surface area contributed by atoms with E-state index in [2.05, 4.69) is 33.0 Å². The summed E-state index contributed by atoms with van der Waals surface area (Å²) in [4.78, 5) is 25.2. The smallest absolute Gasteiger partial charge is 0.414 e. The van der Waals surface area contributed by atoms with E-state index in [4.69, 9.17) is 9.47 Å². The molecule has 166 valence electrons. The lowest BCUT2D eigenvalue weighted by atomic mass is 10.00. The number of hydrogen-bond donors (Lipinski definition) is 2. The zero-order chi connectivity index (χ0) is 22.2. The van der Waals surface area contributed by atoms with Crippen molar-refractivity contribution in [2.45, 2.75) is 32.3 Å². The molecule has 0 radical (unpaired) electrons. The molecule has 1 saturated heterocycles. The maximum atomic E-state index is 12.4. The highest BCUT2D eigenvalue weighted by Gasteiger charge is 2.33. The maximum Gasteiger partial charge on any atom is 0.414 e. The fourth-order valence-corrected chi connectivity index (χ4v) is 5.08. The number of hydrogen-bond acceptors (Lipinski definition) is 6. The number of thiophene rings is 1. The lowest BCUT2D eigenvalue weighted by molar-refractivity contribution is -0.119. The SMILES string of the molecule is COc1cc(-c2n[nH]c3c2CCCc2cc(N4CC(CNC(C)=O)OC4=O)ccc2-3)cs1. The number of benzene rings is 1. The minimum absolute atomic E-state index is 0.139. The Hall–Kier alpha value is -3.33. The molecule has 1 atom stereocenters. The van der Waals surface area contributed by atoms with Crippen LogP contribution in [0.4, 0.5) is 10.5 Å². The zero-order valence-electron chi connectivity index (χ0n) is 17.9. The van der Waals surface area contributed by atoms with Crippen molar-refractivity contribution < 1.29 is 19.1 Å². The average Bonchev–Trinajstić information content (AvgIpc) is 3.48. The number of aryl methyl sites for hydroxylation is 1. The second-order valence-electron chi connectivity index (χ2n) is 8.03. The summed E-state index contributed by atoms with van der Waals surface area (Å²) in [7, 11) is 1.67. The Kier molecular flexibility index (Phi) is 5.34. The fraction of sp³-hybridized carbons (Fsp3) is 0.348. The van der Waals surface area contributed by atoms with Gasteiger partial charge in [0.15, 0.2) is 5.06 Å². The molecule has 0 bridgehead atoms. The van der Waals surface area contributed by atoms with Gasteiger partial charge in [-0.1, -0.05) is 6.07 Å². The third-order valence-corrected chi connectivity index (χ3v) is 6.80. The Morgan fingerprint density at radius 3 is 3.03 bits per heavy atom. The van der Waals surface area contributed by atoms with Crippen molar-refractivity contribution in [3.63, 3.8) is 0 Å². The van der Waals surface area contributed by atoms with Crippen LogP contribution < -0.4 is 15.0 Å². The Morgan fingerprint density at radius 2 is 2.25 bits per heavy atom. The molecule has 3 heterocycles. The second kappa shape index (κ2) is 8.31. The molecule has 0 saturated carbocycles. The number of aromatic nitrogens is 2. The Morgan fingerprint density at radius 1 is 1.38 bits per heavy atom. The van der Waals surface area contributed by atoms with E-state index in [-0.39, 0.29) is 18.1 Å². The van der Waals surface area contributed by atoms with Gasteiger partial charge in [0.2, 0.25) is 5.91 Å². The number of carbonyl (C=O) groups is 2. The normalized spacial score (nSPS) is 17.4. The average molecular weight is 453 g/mol. The number of amides is 2. The Labute approximate surface area is 189 Å². The summed E-state index contributed by atoms with van der Waals surface area (Å²) in [6, 6.07) is 8.09. The highest BCUT2D eigenvalue weighted by atomic mass is 32.1. The summed E-state index contributed by atoms with van der Waals surface area (Å²) in [5, 5.41) is 13.5. The number of nitrogens with zero attached hydrogens (tertiary/aromatic N) is 2. The number of cyclic esters (lactones) is 1. The van der Waals surface area contributed by atoms with E-state index in [0.29, 0.717) is 13.1 Å². The number of rotatable bonds is 5. The molecule has 2 amide bonds. The first-order valence-electron chi connectivity index (χ1n) is 10.6. The van der Waals surface area contributed by atoms with Gasteiger partial charge in [0, 0.05) is 40.7 Å². The molecule has 0 spiro atoms. The minimum Gasteiger partial charge on any atom is -0.487 e. The molecule has 1 aromatic carbocycles. The molecule has 2 aromatic heterocycles.